The minimum absolute atomic E-state index is 0. The largest absolute Gasteiger partial charge is 0.351 e. The van der Waals surface area contributed by atoms with Crippen LogP contribution in [-0.2, 0) is 11.3 Å². The quantitative estimate of drug-likeness (QED) is 0.903. The third-order valence-electron chi connectivity index (χ3n) is 3.57. The summed E-state index contributed by atoms with van der Waals surface area (Å²) in [5, 5.41) is 10.4. The predicted octanol–water partition coefficient (Wildman–Crippen LogP) is 1.66. The van der Waals surface area contributed by atoms with Crippen LogP contribution in [0.15, 0.2) is 42.7 Å². The second-order valence-corrected chi connectivity index (χ2v) is 4.95. The predicted molar refractivity (Wildman–Crippen MR) is 83.7 cm³/mol. The summed E-state index contributed by atoms with van der Waals surface area (Å²) in [6.07, 6.45) is 5.64. The molecule has 1 aromatic heterocycles. The minimum atomic E-state index is -0.0353. The number of nitrogens with zero attached hydrogens (tertiary/aromatic N) is 2. The lowest BCUT2D eigenvalue weighted by molar-refractivity contribution is -0.122. The Labute approximate surface area is 130 Å². The van der Waals surface area contributed by atoms with Crippen molar-refractivity contribution in [2.45, 2.75) is 25.4 Å². The van der Waals surface area contributed by atoms with E-state index in [-0.39, 0.29) is 24.4 Å². The van der Waals surface area contributed by atoms with Crippen molar-refractivity contribution >= 4 is 18.3 Å². The number of nitrogens with one attached hydrogen (secondary N) is 2. The van der Waals surface area contributed by atoms with Crippen LogP contribution in [0, 0.1) is 0 Å². The highest BCUT2D eigenvalue weighted by Crippen LogP contribution is 2.13. The van der Waals surface area contributed by atoms with Gasteiger partial charge in [0.2, 0.25) is 5.91 Å². The molecular formula is C15H19ClN4O. The monoisotopic (exact) mass is 306 g/mol. The van der Waals surface area contributed by atoms with Crippen LogP contribution in [0.4, 0.5) is 0 Å². The fraction of sp³-hybridized carbons (Fsp3) is 0.333. The molecule has 0 radical (unpaired) electrons. The van der Waals surface area contributed by atoms with E-state index in [9.17, 15) is 4.79 Å². The molecule has 1 atom stereocenters. The summed E-state index contributed by atoms with van der Waals surface area (Å²) in [6.45, 7) is 1.45. The van der Waals surface area contributed by atoms with Crippen LogP contribution in [0.25, 0.3) is 5.69 Å². The van der Waals surface area contributed by atoms with E-state index in [4.69, 9.17) is 0 Å². The molecule has 6 heteroatoms. The minimum Gasteiger partial charge on any atom is -0.351 e. The average Bonchev–Trinajstić information content (AvgIpc) is 3.17. The number of amides is 1. The molecule has 0 aliphatic carbocycles. The van der Waals surface area contributed by atoms with Gasteiger partial charge < -0.3 is 10.6 Å². The van der Waals surface area contributed by atoms with Gasteiger partial charge in [-0.1, -0.05) is 18.2 Å². The number of rotatable bonds is 4. The Morgan fingerprint density at radius 2 is 2.24 bits per heavy atom. The lowest BCUT2D eigenvalue weighted by Gasteiger charge is -2.13. The molecule has 21 heavy (non-hydrogen) atoms. The zero-order valence-corrected chi connectivity index (χ0v) is 12.5. The lowest BCUT2D eigenvalue weighted by atomic mass is 10.1. The van der Waals surface area contributed by atoms with E-state index in [1.54, 1.807) is 6.20 Å². The SMILES string of the molecule is Cl.O=C(NCc1ccccc1-n1cccn1)[C@@H]1CCCN1. The van der Waals surface area contributed by atoms with E-state index in [1.807, 2.05) is 41.2 Å². The highest BCUT2D eigenvalue weighted by Gasteiger charge is 2.21. The van der Waals surface area contributed by atoms with Crippen molar-refractivity contribution in [3.63, 3.8) is 0 Å². The van der Waals surface area contributed by atoms with Crippen LogP contribution in [-0.4, -0.2) is 28.3 Å². The molecule has 3 rings (SSSR count). The average molecular weight is 307 g/mol. The summed E-state index contributed by atoms with van der Waals surface area (Å²) >= 11 is 0. The molecule has 0 bridgehead atoms. The summed E-state index contributed by atoms with van der Waals surface area (Å²) < 4.78 is 1.81. The van der Waals surface area contributed by atoms with Gasteiger partial charge in [0.1, 0.15) is 0 Å². The molecular weight excluding hydrogens is 288 g/mol. The van der Waals surface area contributed by atoms with Crippen LogP contribution in [0.2, 0.25) is 0 Å². The van der Waals surface area contributed by atoms with Crippen molar-refractivity contribution in [3.8, 4) is 5.69 Å². The number of halogens is 1. The van der Waals surface area contributed by atoms with Gasteiger partial charge in [-0.25, -0.2) is 4.68 Å². The zero-order chi connectivity index (χ0) is 13.8. The van der Waals surface area contributed by atoms with Crippen LogP contribution < -0.4 is 10.6 Å². The van der Waals surface area contributed by atoms with Crippen LogP contribution in [0.3, 0.4) is 0 Å². The molecule has 1 aromatic carbocycles. The highest BCUT2D eigenvalue weighted by molar-refractivity contribution is 5.85. The molecule has 1 aliphatic heterocycles. The summed E-state index contributed by atoms with van der Waals surface area (Å²) in [4.78, 5) is 12.0. The van der Waals surface area contributed by atoms with Crippen LogP contribution >= 0.6 is 12.4 Å². The van der Waals surface area contributed by atoms with Crippen molar-refractivity contribution in [1.82, 2.24) is 20.4 Å². The van der Waals surface area contributed by atoms with E-state index in [0.717, 1.165) is 30.6 Å². The number of aromatic nitrogens is 2. The van der Waals surface area contributed by atoms with Gasteiger partial charge in [-0.05, 0) is 37.1 Å². The Hall–Kier alpha value is -1.85. The molecule has 1 amide bonds. The standard InChI is InChI=1S/C15H18N4O.ClH/c20-15(13-6-3-8-16-13)17-11-12-5-1-2-7-14(12)19-10-4-9-18-19;/h1-2,4-5,7,9-10,13,16H,3,6,8,11H2,(H,17,20);1H/t13-;/m0./s1. The Kier molecular flexibility index (Phi) is 5.36. The van der Waals surface area contributed by atoms with Crippen molar-refractivity contribution in [1.29, 1.82) is 0 Å². The van der Waals surface area contributed by atoms with Gasteiger partial charge in [0.15, 0.2) is 0 Å². The molecule has 2 heterocycles. The number of para-hydroxylation sites is 1. The van der Waals surface area contributed by atoms with E-state index in [1.165, 1.54) is 0 Å². The number of carbonyl (C=O) groups is 1. The van der Waals surface area contributed by atoms with Crippen LogP contribution in [0.1, 0.15) is 18.4 Å². The molecule has 112 valence electrons. The Bertz CT molecular complexity index is 579. The van der Waals surface area contributed by atoms with E-state index in [0.29, 0.717) is 6.54 Å². The molecule has 5 nitrogen and oxygen atoms in total. The van der Waals surface area contributed by atoms with Gasteiger partial charge in [-0.3, -0.25) is 4.79 Å². The van der Waals surface area contributed by atoms with Gasteiger partial charge in [0.05, 0.1) is 11.7 Å². The summed E-state index contributed by atoms with van der Waals surface area (Å²) in [5.41, 5.74) is 2.06. The maximum absolute atomic E-state index is 12.0. The first-order valence-electron chi connectivity index (χ1n) is 6.93. The lowest BCUT2D eigenvalue weighted by Crippen LogP contribution is -2.40. The summed E-state index contributed by atoms with van der Waals surface area (Å²) in [7, 11) is 0. The Morgan fingerprint density at radius 1 is 1.38 bits per heavy atom. The maximum atomic E-state index is 12.0. The van der Waals surface area contributed by atoms with Gasteiger partial charge in [-0.15, -0.1) is 12.4 Å². The smallest absolute Gasteiger partial charge is 0.237 e. The zero-order valence-electron chi connectivity index (χ0n) is 11.7. The van der Waals surface area contributed by atoms with Gasteiger partial charge >= 0.3 is 0 Å². The maximum Gasteiger partial charge on any atom is 0.237 e. The first-order chi connectivity index (χ1) is 9.84. The molecule has 2 N–H and O–H groups in total. The normalized spacial score (nSPS) is 17.2. The van der Waals surface area contributed by atoms with Crippen molar-refractivity contribution in [3.05, 3.63) is 48.3 Å². The van der Waals surface area contributed by atoms with Crippen molar-refractivity contribution in [2.75, 3.05) is 6.54 Å². The Morgan fingerprint density at radius 3 is 2.95 bits per heavy atom. The molecule has 0 spiro atoms. The third-order valence-corrected chi connectivity index (χ3v) is 3.57. The molecule has 1 fully saturated rings. The van der Waals surface area contributed by atoms with Gasteiger partial charge in [0, 0.05) is 18.9 Å². The molecule has 0 saturated carbocycles. The second-order valence-electron chi connectivity index (χ2n) is 4.95. The Balaban J connectivity index is 0.00000161. The molecule has 1 aliphatic rings. The second kappa shape index (κ2) is 7.24. The highest BCUT2D eigenvalue weighted by atomic mass is 35.5. The first-order valence-corrected chi connectivity index (χ1v) is 6.93. The topological polar surface area (TPSA) is 59.0 Å². The van der Waals surface area contributed by atoms with Crippen LogP contribution in [0.5, 0.6) is 0 Å². The fourth-order valence-corrected chi connectivity index (χ4v) is 2.51. The summed E-state index contributed by atoms with van der Waals surface area (Å²) in [6, 6.07) is 9.81. The molecule has 1 saturated heterocycles. The van der Waals surface area contributed by atoms with E-state index in [2.05, 4.69) is 15.7 Å². The van der Waals surface area contributed by atoms with Crippen molar-refractivity contribution in [2.24, 2.45) is 0 Å². The summed E-state index contributed by atoms with van der Waals surface area (Å²) in [5.74, 6) is 0.0813. The molecule has 0 unspecified atom stereocenters. The number of hydrogen-bond acceptors (Lipinski definition) is 3. The van der Waals surface area contributed by atoms with E-state index >= 15 is 0 Å². The first kappa shape index (κ1) is 15.5. The van der Waals surface area contributed by atoms with Gasteiger partial charge in [-0.2, -0.15) is 5.10 Å². The van der Waals surface area contributed by atoms with Gasteiger partial charge in [0.25, 0.3) is 0 Å². The number of carbonyl (C=O) groups excluding carboxylic acids is 1. The van der Waals surface area contributed by atoms with Crippen molar-refractivity contribution < 1.29 is 4.79 Å². The number of benzene rings is 1. The van der Waals surface area contributed by atoms with E-state index < -0.39 is 0 Å². The fourth-order valence-electron chi connectivity index (χ4n) is 2.51. The number of hydrogen-bond donors (Lipinski definition) is 2. The third kappa shape index (κ3) is 3.62. The molecule has 2 aromatic rings.